The fourth-order valence-corrected chi connectivity index (χ4v) is 2.80. The number of furan rings is 1. The number of hydrogen-bond donors (Lipinski definition) is 2. The second-order valence-corrected chi connectivity index (χ2v) is 5.84. The maximum Gasteiger partial charge on any atom is 0.234 e. The molecule has 1 atom stereocenters. The number of carbonyl (C=O) groups is 1. The van der Waals surface area contributed by atoms with E-state index in [0.29, 0.717) is 19.0 Å². The van der Waals surface area contributed by atoms with Gasteiger partial charge >= 0.3 is 0 Å². The Hall–Kier alpha value is -2.34. The first-order chi connectivity index (χ1) is 11.3. The molecule has 2 aromatic heterocycles. The molecule has 1 fully saturated rings. The van der Waals surface area contributed by atoms with Crippen LogP contribution in [-0.2, 0) is 11.3 Å². The highest BCUT2D eigenvalue weighted by Gasteiger charge is 2.23. The minimum atomic E-state index is 0.0414. The lowest BCUT2D eigenvalue weighted by atomic mass is 10.1. The molecule has 1 amide bonds. The lowest BCUT2D eigenvalue weighted by Gasteiger charge is -2.16. The van der Waals surface area contributed by atoms with Crippen molar-refractivity contribution in [3.05, 3.63) is 48.6 Å². The molecular weight excluding hydrogens is 292 g/mol. The van der Waals surface area contributed by atoms with E-state index in [1.54, 1.807) is 12.5 Å². The zero-order valence-electron chi connectivity index (χ0n) is 13.1. The van der Waals surface area contributed by atoms with E-state index in [0.717, 1.165) is 37.6 Å². The summed E-state index contributed by atoms with van der Waals surface area (Å²) < 4.78 is 5.20. The summed E-state index contributed by atoms with van der Waals surface area (Å²) in [6.07, 6.45) is 4.50. The molecular formula is C17H22N4O2. The first-order valence-electron chi connectivity index (χ1n) is 7.96. The van der Waals surface area contributed by atoms with Crippen molar-refractivity contribution in [1.82, 2.24) is 15.2 Å². The van der Waals surface area contributed by atoms with Crippen LogP contribution in [0.25, 0.3) is 0 Å². The van der Waals surface area contributed by atoms with Crippen LogP contribution in [0.4, 0.5) is 5.82 Å². The van der Waals surface area contributed by atoms with Crippen molar-refractivity contribution in [2.75, 3.05) is 31.5 Å². The summed E-state index contributed by atoms with van der Waals surface area (Å²) >= 11 is 0. The van der Waals surface area contributed by atoms with E-state index < -0.39 is 0 Å². The minimum Gasteiger partial charge on any atom is -0.467 e. The van der Waals surface area contributed by atoms with E-state index in [1.165, 1.54) is 0 Å². The Labute approximate surface area is 135 Å². The zero-order valence-corrected chi connectivity index (χ0v) is 13.1. The fraction of sp³-hybridized carbons (Fsp3) is 0.412. The van der Waals surface area contributed by atoms with Gasteiger partial charge in [-0.05, 0) is 43.1 Å². The Bertz CT molecular complexity index is 600. The number of amides is 1. The van der Waals surface area contributed by atoms with Crippen molar-refractivity contribution >= 4 is 11.7 Å². The number of nitrogens with zero attached hydrogens (tertiary/aromatic N) is 2. The molecule has 1 aliphatic heterocycles. The number of pyridine rings is 1. The summed E-state index contributed by atoms with van der Waals surface area (Å²) in [7, 11) is 0. The average molecular weight is 314 g/mol. The summed E-state index contributed by atoms with van der Waals surface area (Å²) in [5.74, 6) is 2.27. The first kappa shape index (κ1) is 15.6. The maximum atomic E-state index is 12.0. The normalized spacial score (nSPS) is 18.0. The summed E-state index contributed by atoms with van der Waals surface area (Å²) in [6, 6.07) is 9.52. The Morgan fingerprint density at radius 2 is 2.30 bits per heavy atom. The molecule has 0 unspecified atom stereocenters. The van der Waals surface area contributed by atoms with Gasteiger partial charge in [-0.3, -0.25) is 9.69 Å². The van der Waals surface area contributed by atoms with Crippen LogP contribution in [0.5, 0.6) is 0 Å². The van der Waals surface area contributed by atoms with Crippen molar-refractivity contribution in [2.45, 2.75) is 13.0 Å². The van der Waals surface area contributed by atoms with Gasteiger partial charge in [-0.2, -0.15) is 0 Å². The molecule has 0 spiro atoms. The number of likely N-dealkylation sites (tertiary alicyclic amines) is 1. The van der Waals surface area contributed by atoms with E-state index in [1.807, 2.05) is 30.3 Å². The van der Waals surface area contributed by atoms with E-state index in [-0.39, 0.29) is 5.91 Å². The molecule has 1 saturated heterocycles. The van der Waals surface area contributed by atoms with Gasteiger partial charge in [0.05, 0.1) is 19.4 Å². The average Bonchev–Trinajstić information content (AvgIpc) is 3.24. The Morgan fingerprint density at radius 3 is 3.09 bits per heavy atom. The van der Waals surface area contributed by atoms with Gasteiger partial charge in [0.2, 0.25) is 5.91 Å². The Morgan fingerprint density at radius 1 is 1.35 bits per heavy atom. The van der Waals surface area contributed by atoms with Crippen LogP contribution in [0.3, 0.4) is 0 Å². The predicted molar refractivity (Wildman–Crippen MR) is 87.8 cm³/mol. The molecule has 6 heteroatoms. The topological polar surface area (TPSA) is 70.4 Å². The second kappa shape index (κ2) is 7.78. The number of aromatic nitrogens is 1. The molecule has 2 aromatic rings. The van der Waals surface area contributed by atoms with Crippen LogP contribution in [0.2, 0.25) is 0 Å². The second-order valence-electron chi connectivity index (χ2n) is 5.84. The molecule has 3 heterocycles. The minimum absolute atomic E-state index is 0.0414. The van der Waals surface area contributed by atoms with Gasteiger partial charge in [0.15, 0.2) is 0 Å². The molecule has 2 N–H and O–H groups in total. The Kier molecular flexibility index (Phi) is 5.26. The van der Waals surface area contributed by atoms with Crippen LogP contribution < -0.4 is 10.6 Å². The molecule has 122 valence electrons. The SMILES string of the molecule is O=C(CN1CC[C@@H](CNc2ccccn2)C1)NCc1ccco1. The third-order valence-electron chi connectivity index (χ3n) is 4.01. The van der Waals surface area contributed by atoms with Gasteiger partial charge < -0.3 is 15.1 Å². The van der Waals surface area contributed by atoms with Crippen LogP contribution in [-0.4, -0.2) is 42.0 Å². The van der Waals surface area contributed by atoms with E-state index in [4.69, 9.17) is 4.42 Å². The molecule has 6 nitrogen and oxygen atoms in total. The summed E-state index contributed by atoms with van der Waals surface area (Å²) in [4.78, 5) is 18.4. The van der Waals surface area contributed by atoms with Crippen molar-refractivity contribution in [3.63, 3.8) is 0 Å². The quantitative estimate of drug-likeness (QED) is 0.814. The molecule has 1 aliphatic rings. The first-order valence-corrected chi connectivity index (χ1v) is 7.96. The number of nitrogens with one attached hydrogen (secondary N) is 2. The molecule has 0 aromatic carbocycles. The molecule has 0 bridgehead atoms. The van der Waals surface area contributed by atoms with Gasteiger partial charge in [-0.25, -0.2) is 4.98 Å². The molecule has 0 aliphatic carbocycles. The lowest BCUT2D eigenvalue weighted by Crippen LogP contribution is -2.36. The van der Waals surface area contributed by atoms with Crippen LogP contribution in [0.15, 0.2) is 47.2 Å². The largest absolute Gasteiger partial charge is 0.467 e. The summed E-state index contributed by atoms with van der Waals surface area (Å²) in [6.45, 7) is 3.68. The van der Waals surface area contributed by atoms with Gasteiger partial charge in [-0.1, -0.05) is 6.07 Å². The smallest absolute Gasteiger partial charge is 0.234 e. The van der Waals surface area contributed by atoms with Crippen LogP contribution in [0, 0.1) is 5.92 Å². The lowest BCUT2D eigenvalue weighted by molar-refractivity contribution is -0.122. The molecule has 0 saturated carbocycles. The molecule has 23 heavy (non-hydrogen) atoms. The number of hydrogen-bond acceptors (Lipinski definition) is 5. The third-order valence-corrected chi connectivity index (χ3v) is 4.01. The zero-order chi connectivity index (χ0) is 15.9. The number of carbonyl (C=O) groups excluding carboxylic acids is 1. The number of rotatable bonds is 7. The maximum absolute atomic E-state index is 12.0. The van der Waals surface area contributed by atoms with Crippen molar-refractivity contribution in [1.29, 1.82) is 0 Å². The molecule has 3 rings (SSSR count). The third kappa shape index (κ3) is 4.82. The van der Waals surface area contributed by atoms with Gasteiger partial charge in [0.25, 0.3) is 0 Å². The van der Waals surface area contributed by atoms with Crippen molar-refractivity contribution in [3.8, 4) is 0 Å². The highest BCUT2D eigenvalue weighted by Crippen LogP contribution is 2.16. The number of anilines is 1. The van der Waals surface area contributed by atoms with Gasteiger partial charge in [0.1, 0.15) is 11.6 Å². The van der Waals surface area contributed by atoms with Gasteiger partial charge in [-0.15, -0.1) is 0 Å². The van der Waals surface area contributed by atoms with E-state index >= 15 is 0 Å². The predicted octanol–water partition coefficient (Wildman–Crippen LogP) is 1.72. The summed E-state index contributed by atoms with van der Waals surface area (Å²) in [5.41, 5.74) is 0. The highest BCUT2D eigenvalue weighted by atomic mass is 16.3. The summed E-state index contributed by atoms with van der Waals surface area (Å²) in [5, 5.41) is 6.24. The molecule has 0 radical (unpaired) electrons. The highest BCUT2D eigenvalue weighted by molar-refractivity contribution is 5.77. The van der Waals surface area contributed by atoms with E-state index in [9.17, 15) is 4.79 Å². The van der Waals surface area contributed by atoms with Crippen molar-refractivity contribution < 1.29 is 9.21 Å². The van der Waals surface area contributed by atoms with E-state index in [2.05, 4.69) is 20.5 Å². The Balaban J connectivity index is 1.35. The van der Waals surface area contributed by atoms with Crippen molar-refractivity contribution in [2.24, 2.45) is 5.92 Å². The van der Waals surface area contributed by atoms with Crippen LogP contribution >= 0.6 is 0 Å². The van der Waals surface area contributed by atoms with Gasteiger partial charge in [0, 0.05) is 19.3 Å². The standard InChI is InChI=1S/C17H22N4O2/c22-17(20-11-15-4-3-9-23-15)13-21-8-6-14(12-21)10-19-16-5-1-2-7-18-16/h1-5,7,9,14H,6,8,10-13H2,(H,18,19)(H,20,22)/t14-/m0/s1. The fourth-order valence-electron chi connectivity index (χ4n) is 2.80. The van der Waals surface area contributed by atoms with Crippen LogP contribution in [0.1, 0.15) is 12.2 Å². The monoisotopic (exact) mass is 314 g/mol.